The minimum absolute atomic E-state index is 0.344. The molecule has 0 radical (unpaired) electrons. The van der Waals surface area contributed by atoms with Crippen LogP contribution in [0.2, 0.25) is 10.0 Å². The van der Waals surface area contributed by atoms with Gasteiger partial charge in [0.2, 0.25) is 0 Å². The number of hydrogen-bond donors (Lipinski definition) is 2. The lowest BCUT2D eigenvalue weighted by Gasteiger charge is -2.10. The molecule has 7 heteroatoms. The van der Waals surface area contributed by atoms with E-state index in [9.17, 15) is 4.79 Å². The van der Waals surface area contributed by atoms with Crippen LogP contribution in [0, 0.1) is 3.57 Å². The molecule has 3 N–H and O–H groups in total. The number of ether oxygens (including phenoxy) is 1. The van der Waals surface area contributed by atoms with Gasteiger partial charge in [0.25, 0.3) is 5.91 Å². The molecule has 0 saturated heterocycles. The second-order valence-corrected chi connectivity index (χ2v) is 6.56. The Balaban J connectivity index is 2.06. The number of hydrazine groups is 1. The second kappa shape index (κ2) is 8.54. The average Bonchev–Trinajstić information content (AvgIpc) is 2.53. The van der Waals surface area contributed by atoms with Gasteiger partial charge in [0.05, 0.1) is 3.57 Å². The molecule has 2 aromatic rings. The molecular formula is C16H13Cl2IN2O2. The van der Waals surface area contributed by atoms with E-state index in [1.807, 2.05) is 29.7 Å². The van der Waals surface area contributed by atoms with Crippen molar-refractivity contribution in [2.45, 2.75) is 6.61 Å². The fourth-order valence-electron chi connectivity index (χ4n) is 1.75. The first kappa shape index (κ1) is 18.1. The van der Waals surface area contributed by atoms with Crippen molar-refractivity contribution >= 4 is 57.8 Å². The fraction of sp³-hybridized carbons (Fsp3) is 0.0625. The van der Waals surface area contributed by atoms with Gasteiger partial charge in [-0.3, -0.25) is 10.2 Å². The second-order valence-electron chi connectivity index (χ2n) is 4.56. The predicted molar refractivity (Wildman–Crippen MR) is 101 cm³/mol. The molecule has 120 valence electrons. The van der Waals surface area contributed by atoms with Crippen LogP contribution in [-0.4, -0.2) is 5.91 Å². The number of rotatable bonds is 5. The largest absolute Gasteiger partial charge is 0.488 e. The van der Waals surface area contributed by atoms with Crippen molar-refractivity contribution in [1.29, 1.82) is 0 Å². The number of carbonyl (C=O) groups is 1. The van der Waals surface area contributed by atoms with E-state index in [1.54, 1.807) is 18.2 Å². The van der Waals surface area contributed by atoms with E-state index in [4.69, 9.17) is 33.8 Å². The topological polar surface area (TPSA) is 64.3 Å². The number of halogens is 3. The number of nitrogens with two attached hydrogens (primary N) is 1. The first-order valence-electron chi connectivity index (χ1n) is 6.54. The highest BCUT2D eigenvalue weighted by molar-refractivity contribution is 14.1. The Bertz CT molecular complexity index is 751. The van der Waals surface area contributed by atoms with Crippen molar-refractivity contribution in [1.82, 2.24) is 5.43 Å². The molecule has 0 fully saturated rings. The molecule has 2 aromatic carbocycles. The quantitative estimate of drug-likeness (QED) is 0.230. The van der Waals surface area contributed by atoms with Crippen LogP contribution in [0.15, 0.2) is 42.5 Å². The summed E-state index contributed by atoms with van der Waals surface area (Å²) in [6, 6.07) is 10.9. The Hall–Kier alpha value is -1.28. The third-order valence-corrected chi connectivity index (χ3v) is 4.35. The molecule has 0 aromatic heterocycles. The Kier molecular flexibility index (Phi) is 6.71. The first-order valence-corrected chi connectivity index (χ1v) is 8.38. The third-order valence-electron chi connectivity index (χ3n) is 2.92. The molecule has 1 amide bonds. The summed E-state index contributed by atoms with van der Waals surface area (Å²) in [7, 11) is 0. The van der Waals surface area contributed by atoms with Crippen molar-refractivity contribution < 1.29 is 9.53 Å². The number of hydrogen-bond acceptors (Lipinski definition) is 3. The van der Waals surface area contributed by atoms with Crippen LogP contribution in [0.25, 0.3) is 6.08 Å². The van der Waals surface area contributed by atoms with Crippen LogP contribution >= 0.6 is 45.8 Å². The molecule has 0 unspecified atom stereocenters. The Morgan fingerprint density at radius 2 is 2.04 bits per heavy atom. The minimum Gasteiger partial charge on any atom is -0.488 e. The van der Waals surface area contributed by atoms with Crippen molar-refractivity contribution in [3.63, 3.8) is 0 Å². The molecule has 0 atom stereocenters. The highest BCUT2D eigenvalue weighted by atomic mass is 127. The van der Waals surface area contributed by atoms with Crippen LogP contribution in [-0.2, 0) is 11.4 Å². The molecular weight excluding hydrogens is 450 g/mol. The molecule has 0 spiro atoms. The van der Waals surface area contributed by atoms with E-state index < -0.39 is 0 Å². The number of amides is 1. The maximum atomic E-state index is 11.1. The summed E-state index contributed by atoms with van der Waals surface area (Å²) in [6.45, 7) is 0.344. The maximum Gasteiger partial charge on any atom is 0.257 e. The summed E-state index contributed by atoms with van der Waals surface area (Å²) >= 11 is 14.2. The lowest BCUT2D eigenvalue weighted by atomic mass is 10.2. The van der Waals surface area contributed by atoms with Gasteiger partial charge in [-0.15, -0.1) is 0 Å². The number of carbonyl (C=O) groups excluding carboxylic acids is 1. The third kappa shape index (κ3) is 5.39. The fourth-order valence-corrected chi connectivity index (χ4v) is 2.91. The average molecular weight is 463 g/mol. The monoisotopic (exact) mass is 462 g/mol. The Morgan fingerprint density at radius 1 is 1.26 bits per heavy atom. The molecule has 4 nitrogen and oxygen atoms in total. The van der Waals surface area contributed by atoms with Gasteiger partial charge >= 0.3 is 0 Å². The molecule has 0 saturated carbocycles. The van der Waals surface area contributed by atoms with E-state index >= 15 is 0 Å². The van der Waals surface area contributed by atoms with Gasteiger partial charge < -0.3 is 4.74 Å². The number of nitrogens with one attached hydrogen (secondary N) is 1. The van der Waals surface area contributed by atoms with Crippen LogP contribution in [0.1, 0.15) is 11.1 Å². The molecule has 0 bridgehead atoms. The van der Waals surface area contributed by atoms with E-state index in [1.165, 1.54) is 6.08 Å². The van der Waals surface area contributed by atoms with Gasteiger partial charge in [0.1, 0.15) is 12.4 Å². The van der Waals surface area contributed by atoms with E-state index in [-0.39, 0.29) is 5.91 Å². The zero-order chi connectivity index (χ0) is 16.8. The lowest BCUT2D eigenvalue weighted by Crippen LogP contribution is -2.27. The van der Waals surface area contributed by atoms with Crippen molar-refractivity contribution in [3.05, 3.63) is 67.2 Å². The normalized spacial score (nSPS) is 10.8. The molecule has 0 heterocycles. The predicted octanol–water partition coefficient (Wildman–Crippen LogP) is 4.18. The highest BCUT2D eigenvalue weighted by Crippen LogP contribution is 2.26. The minimum atomic E-state index is -0.363. The first-order chi connectivity index (χ1) is 11.0. The van der Waals surface area contributed by atoms with Gasteiger partial charge in [0.15, 0.2) is 0 Å². The number of benzene rings is 2. The van der Waals surface area contributed by atoms with Gasteiger partial charge in [0, 0.05) is 21.7 Å². The van der Waals surface area contributed by atoms with Gasteiger partial charge in [-0.2, -0.15) is 0 Å². The van der Waals surface area contributed by atoms with Crippen molar-refractivity contribution in [3.8, 4) is 5.75 Å². The van der Waals surface area contributed by atoms with Gasteiger partial charge in [-0.05, 0) is 58.5 Å². The molecule has 0 aliphatic heterocycles. The van der Waals surface area contributed by atoms with E-state index in [0.29, 0.717) is 16.7 Å². The van der Waals surface area contributed by atoms with E-state index in [0.717, 1.165) is 20.4 Å². The zero-order valence-corrected chi connectivity index (χ0v) is 15.5. The van der Waals surface area contributed by atoms with E-state index in [2.05, 4.69) is 22.6 Å². The highest BCUT2D eigenvalue weighted by Gasteiger charge is 2.05. The summed E-state index contributed by atoms with van der Waals surface area (Å²) in [4.78, 5) is 11.1. The van der Waals surface area contributed by atoms with Gasteiger partial charge in [-0.1, -0.05) is 35.3 Å². The van der Waals surface area contributed by atoms with Crippen molar-refractivity contribution in [2.24, 2.45) is 5.84 Å². The van der Waals surface area contributed by atoms with Crippen LogP contribution < -0.4 is 16.0 Å². The molecule has 0 aliphatic carbocycles. The zero-order valence-electron chi connectivity index (χ0n) is 11.9. The summed E-state index contributed by atoms with van der Waals surface area (Å²) in [5.74, 6) is 5.39. The SMILES string of the molecule is NNC(=O)/C=C/c1ccc(OCc2ccc(Cl)cc2Cl)c(I)c1. The van der Waals surface area contributed by atoms with Crippen LogP contribution in [0.5, 0.6) is 5.75 Å². The molecule has 2 rings (SSSR count). The summed E-state index contributed by atoms with van der Waals surface area (Å²) < 4.78 is 6.71. The molecule has 0 aliphatic rings. The Labute approximate surface area is 157 Å². The smallest absolute Gasteiger partial charge is 0.257 e. The maximum absolute atomic E-state index is 11.1. The Morgan fingerprint density at radius 3 is 2.70 bits per heavy atom. The summed E-state index contributed by atoms with van der Waals surface area (Å²) in [5.41, 5.74) is 3.76. The summed E-state index contributed by atoms with van der Waals surface area (Å²) in [5, 5.41) is 1.16. The van der Waals surface area contributed by atoms with Crippen LogP contribution in [0.4, 0.5) is 0 Å². The molecule has 23 heavy (non-hydrogen) atoms. The van der Waals surface area contributed by atoms with Crippen molar-refractivity contribution in [2.75, 3.05) is 0 Å². The standard InChI is InChI=1S/C16H13Cl2IN2O2/c17-12-4-3-11(13(18)8-12)9-23-15-5-1-10(7-14(15)19)2-6-16(22)21-20/h1-8H,9,20H2,(H,21,22)/b6-2+. The summed E-state index contributed by atoms with van der Waals surface area (Å²) in [6.07, 6.45) is 3.03. The van der Waals surface area contributed by atoms with Gasteiger partial charge in [-0.25, -0.2) is 5.84 Å². The lowest BCUT2D eigenvalue weighted by molar-refractivity contribution is -0.116. The van der Waals surface area contributed by atoms with Crippen LogP contribution in [0.3, 0.4) is 0 Å².